The predicted molar refractivity (Wildman–Crippen MR) is 83.4 cm³/mol. The molecular formula is C17H18ClNO2. The molecule has 3 rings (SSSR count). The molecule has 1 fully saturated rings. The van der Waals surface area contributed by atoms with Crippen LogP contribution in [0.4, 0.5) is 0 Å². The highest BCUT2D eigenvalue weighted by Gasteiger charge is 2.33. The third kappa shape index (κ3) is 2.84. The Hall–Kier alpha value is -1.74. The minimum atomic E-state index is -0.0762. The number of rotatable bonds is 4. The van der Waals surface area contributed by atoms with Crippen molar-refractivity contribution < 1.29 is 9.21 Å². The topological polar surface area (TPSA) is 33.5 Å². The molecule has 0 saturated heterocycles. The fourth-order valence-corrected chi connectivity index (χ4v) is 2.74. The summed E-state index contributed by atoms with van der Waals surface area (Å²) in [6.45, 7) is 2.09. The number of benzene rings is 1. The smallest absolute Gasteiger partial charge is 0.289 e. The molecule has 2 aromatic rings. The van der Waals surface area contributed by atoms with Crippen LogP contribution < -0.4 is 0 Å². The molecule has 0 aliphatic heterocycles. The van der Waals surface area contributed by atoms with Crippen LogP contribution in [0.25, 0.3) is 11.3 Å². The van der Waals surface area contributed by atoms with Gasteiger partial charge in [0.2, 0.25) is 0 Å². The fraction of sp³-hybridized carbons (Fsp3) is 0.353. The number of amides is 1. The van der Waals surface area contributed by atoms with Crippen molar-refractivity contribution in [2.75, 3.05) is 7.05 Å². The van der Waals surface area contributed by atoms with Crippen molar-refractivity contribution in [3.8, 4) is 11.3 Å². The van der Waals surface area contributed by atoms with Gasteiger partial charge in [-0.05, 0) is 49.9 Å². The van der Waals surface area contributed by atoms with E-state index in [1.165, 1.54) is 12.8 Å². The summed E-state index contributed by atoms with van der Waals surface area (Å²) in [7, 11) is 1.84. The van der Waals surface area contributed by atoms with E-state index in [0.717, 1.165) is 5.56 Å². The van der Waals surface area contributed by atoms with E-state index in [0.29, 0.717) is 22.5 Å². The van der Waals surface area contributed by atoms with Crippen molar-refractivity contribution in [3.05, 3.63) is 47.2 Å². The summed E-state index contributed by atoms with van der Waals surface area (Å²) >= 11 is 6.16. The SMILES string of the molecule is CC(C1CC1)N(C)C(=O)c1ccc(-c2ccccc2Cl)o1. The highest BCUT2D eigenvalue weighted by molar-refractivity contribution is 6.33. The molecule has 21 heavy (non-hydrogen) atoms. The second kappa shape index (κ2) is 5.57. The lowest BCUT2D eigenvalue weighted by atomic mass is 10.2. The summed E-state index contributed by atoms with van der Waals surface area (Å²) in [6.07, 6.45) is 2.42. The van der Waals surface area contributed by atoms with Crippen LogP contribution >= 0.6 is 11.6 Å². The lowest BCUT2D eigenvalue weighted by Gasteiger charge is -2.23. The number of hydrogen-bond acceptors (Lipinski definition) is 2. The largest absolute Gasteiger partial charge is 0.451 e. The van der Waals surface area contributed by atoms with Crippen LogP contribution in [-0.4, -0.2) is 23.9 Å². The molecule has 0 N–H and O–H groups in total. The van der Waals surface area contributed by atoms with Crippen LogP contribution in [0.3, 0.4) is 0 Å². The summed E-state index contributed by atoms with van der Waals surface area (Å²) in [6, 6.07) is 11.2. The molecule has 1 unspecified atom stereocenters. The monoisotopic (exact) mass is 303 g/mol. The molecule has 0 radical (unpaired) electrons. The Morgan fingerprint density at radius 3 is 2.67 bits per heavy atom. The van der Waals surface area contributed by atoms with E-state index in [4.69, 9.17) is 16.0 Å². The molecule has 1 aliphatic rings. The van der Waals surface area contributed by atoms with Crippen molar-refractivity contribution in [3.63, 3.8) is 0 Å². The first-order valence-electron chi connectivity index (χ1n) is 7.20. The predicted octanol–water partition coefficient (Wildman–Crippen LogP) is 4.47. The minimum absolute atomic E-state index is 0.0762. The quantitative estimate of drug-likeness (QED) is 0.835. The van der Waals surface area contributed by atoms with Gasteiger partial charge >= 0.3 is 0 Å². The maximum Gasteiger partial charge on any atom is 0.289 e. The van der Waals surface area contributed by atoms with Gasteiger partial charge in [0.15, 0.2) is 5.76 Å². The van der Waals surface area contributed by atoms with Crippen LogP contribution in [0.1, 0.15) is 30.3 Å². The van der Waals surface area contributed by atoms with Gasteiger partial charge in [0, 0.05) is 18.7 Å². The average molecular weight is 304 g/mol. The summed E-state index contributed by atoms with van der Waals surface area (Å²) in [5.74, 6) is 1.54. The van der Waals surface area contributed by atoms with E-state index < -0.39 is 0 Å². The zero-order valence-corrected chi connectivity index (χ0v) is 12.9. The summed E-state index contributed by atoms with van der Waals surface area (Å²) < 4.78 is 5.71. The highest BCUT2D eigenvalue weighted by atomic mass is 35.5. The first-order valence-corrected chi connectivity index (χ1v) is 7.57. The summed E-state index contributed by atoms with van der Waals surface area (Å²) in [4.78, 5) is 14.2. The molecule has 1 heterocycles. The average Bonchev–Trinajstić information content (AvgIpc) is 3.23. The van der Waals surface area contributed by atoms with Crippen molar-refractivity contribution in [2.45, 2.75) is 25.8 Å². The molecule has 1 aromatic carbocycles. The number of carbonyl (C=O) groups is 1. The van der Waals surface area contributed by atoms with E-state index in [-0.39, 0.29) is 11.9 Å². The van der Waals surface area contributed by atoms with Crippen molar-refractivity contribution in [1.29, 1.82) is 0 Å². The fourth-order valence-electron chi connectivity index (χ4n) is 2.51. The molecule has 0 spiro atoms. The van der Waals surface area contributed by atoms with Crippen LogP contribution in [0.2, 0.25) is 5.02 Å². The Morgan fingerprint density at radius 2 is 2.00 bits per heavy atom. The normalized spacial score (nSPS) is 15.8. The lowest BCUT2D eigenvalue weighted by Crippen LogP contribution is -2.36. The number of nitrogens with zero attached hydrogens (tertiary/aromatic N) is 1. The van der Waals surface area contributed by atoms with Gasteiger partial charge in [-0.25, -0.2) is 0 Å². The van der Waals surface area contributed by atoms with E-state index in [1.807, 2.05) is 31.3 Å². The molecular weight excluding hydrogens is 286 g/mol. The van der Waals surface area contributed by atoms with Crippen LogP contribution in [0, 0.1) is 5.92 Å². The Morgan fingerprint density at radius 1 is 1.29 bits per heavy atom. The maximum absolute atomic E-state index is 12.4. The zero-order valence-electron chi connectivity index (χ0n) is 12.2. The maximum atomic E-state index is 12.4. The molecule has 1 atom stereocenters. The Bertz CT molecular complexity index is 660. The van der Waals surface area contributed by atoms with Crippen LogP contribution in [0.15, 0.2) is 40.8 Å². The summed E-state index contributed by atoms with van der Waals surface area (Å²) in [5, 5.41) is 0.616. The molecule has 4 heteroatoms. The first kappa shape index (κ1) is 14.2. The van der Waals surface area contributed by atoms with Gasteiger partial charge < -0.3 is 9.32 Å². The Labute approximate surface area is 129 Å². The van der Waals surface area contributed by atoms with E-state index in [9.17, 15) is 4.79 Å². The third-order valence-corrected chi connectivity index (χ3v) is 4.52. The zero-order chi connectivity index (χ0) is 15.0. The van der Waals surface area contributed by atoms with Crippen molar-refractivity contribution in [1.82, 2.24) is 4.90 Å². The molecule has 3 nitrogen and oxygen atoms in total. The van der Waals surface area contributed by atoms with Gasteiger partial charge in [-0.2, -0.15) is 0 Å². The molecule has 1 saturated carbocycles. The standard InChI is InChI=1S/C17H18ClNO2/c1-11(12-7-8-12)19(2)17(20)16-10-9-15(21-16)13-5-3-4-6-14(13)18/h3-6,9-12H,7-8H2,1-2H3. The molecule has 0 bridgehead atoms. The van der Waals surface area contributed by atoms with E-state index in [2.05, 4.69) is 6.92 Å². The molecule has 1 aromatic heterocycles. The number of hydrogen-bond donors (Lipinski definition) is 0. The minimum Gasteiger partial charge on any atom is -0.451 e. The lowest BCUT2D eigenvalue weighted by molar-refractivity contribution is 0.0696. The second-order valence-electron chi connectivity index (χ2n) is 5.64. The molecule has 1 aliphatic carbocycles. The third-order valence-electron chi connectivity index (χ3n) is 4.19. The Kier molecular flexibility index (Phi) is 3.77. The highest BCUT2D eigenvalue weighted by Crippen LogP contribution is 2.35. The van der Waals surface area contributed by atoms with Gasteiger partial charge in [-0.15, -0.1) is 0 Å². The van der Waals surface area contributed by atoms with E-state index in [1.54, 1.807) is 17.0 Å². The first-order chi connectivity index (χ1) is 10.1. The summed E-state index contributed by atoms with van der Waals surface area (Å²) in [5.41, 5.74) is 0.802. The second-order valence-corrected chi connectivity index (χ2v) is 6.05. The number of halogens is 1. The van der Waals surface area contributed by atoms with Crippen molar-refractivity contribution >= 4 is 17.5 Å². The Balaban J connectivity index is 1.81. The van der Waals surface area contributed by atoms with Gasteiger partial charge in [0.1, 0.15) is 5.76 Å². The van der Waals surface area contributed by atoms with Crippen LogP contribution in [0.5, 0.6) is 0 Å². The molecule has 1 amide bonds. The van der Waals surface area contributed by atoms with Crippen LogP contribution in [-0.2, 0) is 0 Å². The van der Waals surface area contributed by atoms with Gasteiger partial charge in [-0.3, -0.25) is 4.79 Å². The number of furan rings is 1. The number of carbonyl (C=O) groups excluding carboxylic acids is 1. The molecule has 110 valence electrons. The van der Waals surface area contributed by atoms with Gasteiger partial charge in [0.25, 0.3) is 5.91 Å². The van der Waals surface area contributed by atoms with Crippen molar-refractivity contribution in [2.24, 2.45) is 5.92 Å². The van der Waals surface area contributed by atoms with Gasteiger partial charge in [-0.1, -0.05) is 23.7 Å². The van der Waals surface area contributed by atoms with E-state index >= 15 is 0 Å². The van der Waals surface area contributed by atoms with Gasteiger partial charge in [0.05, 0.1) is 5.02 Å².